The molecule has 8 heteroatoms. The van der Waals surface area contributed by atoms with Crippen LogP contribution in [0.5, 0.6) is 5.75 Å². The second kappa shape index (κ2) is 9.50. The number of nitrogens with zero attached hydrogens (tertiary/aromatic N) is 3. The molecule has 178 valence electrons. The van der Waals surface area contributed by atoms with Crippen LogP contribution in [-0.4, -0.2) is 54.9 Å². The van der Waals surface area contributed by atoms with Crippen molar-refractivity contribution in [2.75, 3.05) is 38.2 Å². The summed E-state index contributed by atoms with van der Waals surface area (Å²) in [6.45, 7) is 2.25. The summed E-state index contributed by atoms with van der Waals surface area (Å²) in [6.07, 6.45) is 2.13. The maximum atomic E-state index is 13.5. The van der Waals surface area contributed by atoms with Crippen LogP contribution in [0.1, 0.15) is 26.5 Å². The van der Waals surface area contributed by atoms with Gasteiger partial charge in [0, 0.05) is 31.6 Å². The predicted octanol–water partition coefficient (Wildman–Crippen LogP) is 3.43. The first-order valence-corrected chi connectivity index (χ1v) is 11.4. The predicted molar refractivity (Wildman–Crippen MR) is 133 cm³/mol. The number of ether oxygens (including phenoxy) is 1. The standard InChI is InChI=1S/C27H25N3O5/c1-34-20-10-8-19(9-11-20)17-30-23-6-3-2-5-21(23)25(22(18-31)26(30)32)28-12-14-29(15-13-28)27(33)24-7-4-16-35-24/h2-11,16,18H,12-15,17H2,1H3. The number of carbonyl (C=O) groups is 2. The van der Waals surface area contributed by atoms with Crippen LogP contribution in [0.3, 0.4) is 0 Å². The van der Waals surface area contributed by atoms with Crippen molar-refractivity contribution in [2.24, 2.45) is 0 Å². The Morgan fingerprint density at radius 2 is 1.74 bits per heavy atom. The molecule has 1 amide bonds. The van der Waals surface area contributed by atoms with Gasteiger partial charge in [-0.15, -0.1) is 0 Å². The quantitative estimate of drug-likeness (QED) is 0.401. The molecule has 0 spiro atoms. The Morgan fingerprint density at radius 1 is 1.00 bits per heavy atom. The molecular weight excluding hydrogens is 446 g/mol. The lowest BCUT2D eigenvalue weighted by Gasteiger charge is -2.37. The summed E-state index contributed by atoms with van der Waals surface area (Å²) in [4.78, 5) is 42.2. The number of pyridine rings is 1. The Hall–Kier alpha value is -4.33. The number of piperazine rings is 1. The normalized spacial score (nSPS) is 13.7. The number of amides is 1. The second-order valence-electron chi connectivity index (χ2n) is 8.39. The maximum absolute atomic E-state index is 13.5. The zero-order chi connectivity index (χ0) is 24.4. The number of para-hydroxylation sites is 1. The monoisotopic (exact) mass is 471 g/mol. The van der Waals surface area contributed by atoms with Crippen LogP contribution >= 0.6 is 0 Å². The van der Waals surface area contributed by atoms with Crippen LogP contribution < -0.4 is 15.2 Å². The van der Waals surface area contributed by atoms with Gasteiger partial charge in [0.1, 0.15) is 11.3 Å². The maximum Gasteiger partial charge on any atom is 0.289 e. The zero-order valence-corrected chi connectivity index (χ0v) is 19.3. The largest absolute Gasteiger partial charge is 0.497 e. The molecule has 2 aromatic carbocycles. The number of furan rings is 1. The Labute approximate surface area is 201 Å². The molecule has 0 bridgehead atoms. The van der Waals surface area contributed by atoms with Crippen LogP contribution in [0.4, 0.5) is 5.69 Å². The van der Waals surface area contributed by atoms with Crippen molar-refractivity contribution in [3.05, 3.63) is 94.2 Å². The fourth-order valence-corrected chi connectivity index (χ4v) is 4.62. The fraction of sp³-hybridized carbons (Fsp3) is 0.222. The molecule has 1 fully saturated rings. The molecule has 8 nitrogen and oxygen atoms in total. The van der Waals surface area contributed by atoms with Gasteiger partial charge in [-0.3, -0.25) is 14.4 Å². The van der Waals surface area contributed by atoms with Gasteiger partial charge in [0.25, 0.3) is 11.5 Å². The smallest absolute Gasteiger partial charge is 0.289 e. The van der Waals surface area contributed by atoms with Crippen LogP contribution in [0.2, 0.25) is 0 Å². The first-order valence-electron chi connectivity index (χ1n) is 11.4. The molecule has 0 unspecified atom stereocenters. The molecule has 3 heterocycles. The van der Waals surface area contributed by atoms with E-state index in [4.69, 9.17) is 9.15 Å². The van der Waals surface area contributed by atoms with Crippen LogP contribution in [0.15, 0.2) is 76.1 Å². The second-order valence-corrected chi connectivity index (χ2v) is 8.39. The zero-order valence-electron chi connectivity index (χ0n) is 19.3. The van der Waals surface area contributed by atoms with Gasteiger partial charge in [0.05, 0.1) is 31.1 Å². The van der Waals surface area contributed by atoms with Crippen molar-refractivity contribution in [3.8, 4) is 5.75 Å². The fourth-order valence-electron chi connectivity index (χ4n) is 4.62. The molecule has 5 rings (SSSR count). The number of methoxy groups -OCH3 is 1. The van der Waals surface area contributed by atoms with E-state index in [1.807, 2.05) is 53.4 Å². The highest BCUT2D eigenvalue weighted by Crippen LogP contribution is 2.30. The minimum Gasteiger partial charge on any atom is -0.497 e. The SMILES string of the molecule is COc1ccc(Cn2c(=O)c(C=O)c(N3CCN(C(=O)c4ccco4)CC3)c3ccccc32)cc1. The lowest BCUT2D eigenvalue weighted by Crippen LogP contribution is -2.49. The number of benzene rings is 2. The van der Waals surface area contributed by atoms with E-state index in [2.05, 4.69) is 0 Å². The molecular formula is C27H25N3O5. The van der Waals surface area contributed by atoms with Crippen molar-refractivity contribution < 1.29 is 18.7 Å². The molecule has 0 atom stereocenters. The molecule has 2 aromatic heterocycles. The molecule has 35 heavy (non-hydrogen) atoms. The minimum atomic E-state index is -0.335. The van der Waals surface area contributed by atoms with Crippen molar-refractivity contribution in [1.29, 1.82) is 0 Å². The van der Waals surface area contributed by atoms with Crippen molar-refractivity contribution in [2.45, 2.75) is 6.54 Å². The van der Waals surface area contributed by atoms with Crippen LogP contribution in [0, 0.1) is 0 Å². The summed E-state index contributed by atoms with van der Waals surface area (Å²) in [5.74, 6) is 0.878. The number of carbonyl (C=O) groups excluding carboxylic acids is 2. The van der Waals surface area contributed by atoms with E-state index in [9.17, 15) is 14.4 Å². The summed E-state index contributed by atoms with van der Waals surface area (Å²) >= 11 is 0. The van der Waals surface area contributed by atoms with Gasteiger partial charge >= 0.3 is 0 Å². The van der Waals surface area contributed by atoms with E-state index in [1.54, 1.807) is 28.7 Å². The number of fused-ring (bicyclic) bond motifs is 1. The van der Waals surface area contributed by atoms with E-state index < -0.39 is 0 Å². The molecule has 0 N–H and O–H groups in total. The van der Waals surface area contributed by atoms with Gasteiger partial charge in [-0.1, -0.05) is 30.3 Å². The van der Waals surface area contributed by atoms with Crippen LogP contribution in [-0.2, 0) is 6.54 Å². The Balaban J connectivity index is 1.50. The lowest BCUT2D eigenvalue weighted by atomic mass is 10.1. The molecule has 1 aliphatic heterocycles. The van der Waals surface area contributed by atoms with Gasteiger partial charge in [-0.25, -0.2) is 0 Å². The number of anilines is 1. The van der Waals surface area contributed by atoms with E-state index >= 15 is 0 Å². The number of aromatic nitrogens is 1. The number of aldehydes is 1. The van der Waals surface area contributed by atoms with Crippen molar-refractivity contribution in [1.82, 2.24) is 9.47 Å². The van der Waals surface area contributed by atoms with E-state index in [1.165, 1.54) is 6.26 Å². The van der Waals surface area contributed by atoms with Gasteiger partial charge in [-0.05, 0) is 35.9 Å². The minimum absolute atomic E-state index is 0.128. The number of rotatable bonds is 6. The molecule has 0 aliphatic carbocycles. The van der Waals surface area contributed by atoms with Crippen molar-refractivity contribution >= 4 is 28.8 Å². The third-order valence-corrected chi connectivity index (χ3v) is 6.41. The molecule has 0 saturated carbocycles. The number of hydrogen-bond acceptors (Lipinski definition) is 6. The van der Waals surface area contributed by atoms with Crippen molar-refractivity contribution in [3.63, 3.8) is 0 Å². The summed E-state index contributed by atoms with van der Waals surface area (Å²) in [7, 11) is 1.61. The van der Waals surface area contributed by atoms with Crippen LogP contribution in [0.25, 0.3) is 10.9 Å². The topological polar surface area (TPSA) is 85.0 Å². The first kappa shape index (κ1) is 22.5. The third-order valence-electron chi connectivity index (χ3n) is 6.41. The average Bonchev–Trinajstić information content (AvgIpc) is 3.45. The molecule has 0 radical (unpaired) electrons. The summed E-state index contributed by atoms with van der Waals surface area (Å²) in [5.41, 5.74) is 2.09. The summed E-state index contributed by atoms with van der Waals surface area (Å²) in [6, 6.07) is 18.5. The molecule has 1 saturated heterocycles. The lowest BCUT2D eigenvalue weighted by molar-refractivity contribution is 0.0714. The number of hydrogen-bond donors (Lipinski definition) is 0. The third kappa shape index (κ3) is 4.19. The van der Waals surface area contributed by atoms with Gasteiger partial charge in [0.15, 0.2) is 12.0 Å². The Kier molecular flexibility index (Phi) is 6.10. The Bertz CT molecular complexity index is 1420. The average molecular weight is 472 g/mol. The van der Waals surface area contributed by atoms with Gasteiger partial charge in [0.2, 0.25) is 0 Å². The highest BCUT2D eigenvalue weighted by molar-refractivity contribution is 6.01. The van der Waals surface area contributed by atoms with E-state index in [0.717, 1.165) is 22.2 Å². The highest BCUT2D eigenvalue weighted by Gasteiger charge is 2.27. The van der Waals surface area contributed by atoms with Gasteiger partial charge in [-0.2, -0.15) is 0 Å². The summed E-state index contributed by atoms with van der Waals surface area (Å²) < 4.78 is 12.1. The first-order chi connectivity index (χ1) is 17.1. The molecule has 4 aromatic rings. The highest BCUT2D eigenvalue weighted by atomic mass is 16.5. The summed E-state index contributed by atoms with van der Waals surface area (Å²) in [5, 5.41) is 0.827. The molecule has 1 aliphatic rings. The van der Waals surface area contributed by atoms with E-state index in [-0.39, 0.29) is 17.0 Å². The van der Waals surface area contributed by atoms with Gasteiger partial charge < -0.3 is 23.5 Å². The van der Waals surface area contributed by atoms with E-state index in [0.29, 0.717) is 50.5 Å². The Morgan fingerprint density at radius 3 is 2.40 bits per heavy atom.